The Balaban J connectivity index is 1.21. The summed E-state index contributed by atoms with van der Waals surface area (Å²) < 4.78 is 12.2. The number of carbonyl (C=O) groups excluding carboxylic acids is 1. The molecule has 0 atom stereocenters. The van der Waals surface area contributed by atoms with Crippen LogP contribution in [-0.2, 0) is 17.9 Å². The van der Waals surface area contributed by atoms with E-state index >= 15 is 0 Å². The number of nitrogens with one attached hydrogen (secondary N) is 1. The van der Waals surface area contributed by atoms with E-state index in [0.717, 1.165) is 41.3 Å². The van der Waals surface area contributed by atoms with Crippen molar-refractivity contribution < 1.29 is 14.3 Å². The molecule has 2 aromatic heterocycles. The smallest absolute Gasteiger partial charge is 0.329 e. The highest BCUT2D eigenvalue weighted by Crippen LogP contribution is 2.32. The Labute approximate surface area is 175 Å². The summed E-state index contributed by atoms with van der Waals surface area (Å²) in [6, 6.07) is 7.61. The van der Waals surface area contributed by atoms with Crippen LogP contribution in [0.1, 0.15) is 5.56 Å². The van der Waals surface area contributed by atoms with E-state index in [0.29, 0.717) is 23.3 Å². The van der Waals surface area contributed by atoms with Gasteiger partial charge in [-0.25, -0.2) is 9.36 Å². The molecular formula is C20H20N4O5S. The standard InChI is InChI=1S/C20H20N4O5S/c25-17(11-24-19(26)18-14(3-8-30-18)21-20(24)27)23-6-4-22(5-7-23)10-13-1-2-15-16(9-13)29-12-28-15/h1-3,8-9H,4-7,10-12H2,(H,21,27). The first-order valence-electron chi connectivity index (χ1n) is 9.67. The molecule has 1 amide bonds. The fourth-order valence-corrected chi connectivity index (χ4v) is 4.60. The highest BCUT2D eigenvalue weighted by atomic mass is 32.1. The highest BCUT2D eigenvalue weighted by Gasteiger charge is 2.23. The Kier molecular flexibility index (Phi) is 4.80. The second kappa shape index (κ2) is 7.62. The number of rotatable bonds is 4. The third-order valence-corrected chi connectivity index (χ3v) is 6.36. The molecule has 5 rings (SSSR count). The van der Waals surface area contributed by atoms with Crippen molar-refractivity contribution in [1.29, 1.82) is 0 Å². The summed E-state index contributed by atoms with van der Waals surface area (Å²) >= 11 is 1.26. The average Bonchev–Trinajstić information content (AvgIpc) is 3.40. The lowest BCUT2D eigenvalue weighted by Gasteiger charge is -2.34. The van der Waals surface area contributed by atoms with Gasteiger partial charge in [-0.1, -0.05) is 6.07 Å². The zero-order valence-electron chi connectivity index (χ0n) is 16.1. The van der Waals surface area contributed by atoms with Gasteiger partial charge in [-0.05, 0) is 29.1 Å². The number of hydrogen-bond donors (Lipinski definition) is 1. The second-order valence-electron chi connectivity index (χ2n) is 7.33. The maximum Gasteiger partial charge on any atom is 0.329 e. The Hall–Kier alpha value is -3.11. The molecule has 1 aromatic carbocycles. The molecule has 0 bridgehead atoms. The molecular weight excluding hydrogens is 408 g/mol. The van der Waals surface area contributed by atoms with Gasteiger partial charge in [0.2, 0.25) is 12.7 Å². The summed E-state index contributed by atoms with van der Waals surface area (Å²) in [5.74, 6) is 1.31. The third kappa shape index (κ3) is 3.48. The van der Waals surface area contributed by atoms with Gasteiger partial charge in [-0.15, -0.1) is 11.3 Å². The van der Waals surface area contributed by atoms with Crippen molar-refractivity contribution in [2.75, 3.05) is 33.0 Å². The van der Waals surface area contributed by atoms with E-state index in [2.05, 4.69) is 9.88 Å². The van der Waals surface area contributed by atoms with Crippen LogP contribution in [0.5, 0.6) is 11.5 Å². The number of fused-ring (bicyclic) bond motifs is 2. The van der Waals surface area contributed by atoms with Crippen LogP contribution in [0, 0.1) is 0 Å². The maximum atomic E-state index is 12.7. The molecule has 0 radical (unpaired) electrons. The van der Waals surface area contributed by atoms with Crippen LogP contribution in [0.4, 0.5) is 0 Å². The first-order valence-corrected chi connectivity index (χ1v) is 10.6. The molecule has 30 heavy (non-hydrogen) atoms. The van der Waals surface area contributed by atoms with Crippen molar-refractivity contribution >= 4 is 27.5 Å². The largest absolute Gasteiger partial charge is 0.454 e. The van der Waals surface area contributed by atoms with Crippen LogP contribution in [0.2, 0.25) is 0 Å². The molecule has 9 nitrogen and oxygen atoms in total. The van der Waals surface area contributed by atoms with Crippen molar-refractivity contribution in [3.8, 4) is 11.5 Å². The van der Waals surface area contributed by atoms with Crippen LogP contribution in [-0.4, -0.2) is 58.2 Å². The van der Waals surface area contributed by atoms with Gasteiger partial charge in [0, 0.05) is 32.7 Å². The van der Waals surface area contributed by atoms with Crippen LogP contribution >= 0.6 is 11.3 Å². The molecule has 2 aliphatic heterocycles. The fraction of sp³-hybridized carbons (Fsp3) is 0.350. The van der Waals surface area contributed by atoms with E-state index in [1.165, 1.54) is 11.3 Å². The van der Waals surface area contributed by atoms with Gasteiger partial charge in [-0.2, -0.15) is 0 Å². The normalized spacial score (nSPS) is 16.3. The van der Waals surface area contributed by atoms with Crippen LogP contribution in [0.15, 0.2) is 39.2 Å². The summed E-state index contributed by atoms with van der Waals surface area (Å²) in [5.41, 5.74) is 0.663. The predicted molar refractivity (Wildman–Crippen MR) is 111 cm³/mol. The lowest BCUT2D eigenvalue weighted by molar-refractivity contribution is -0.133. The number of nitrogens with zero attached hydrogens (tertiary/aromatic N) is 3. The number of amides is 1. The minimum absolute atomic E-state index is 0.221. The number of benzene rings is 1. The van der Waals surface area contributed by atoms with Gasteiger partial charge in [0.1, 0.15) is 11.2 Å². The Morgan fingerprint density at radius 2 is 1.87 bits per heavy atom. The van der Waals surface area contributed by atoms with Gasteiger partial charge in [-0.3, -0.25) is 14.5 Å². The van der Waals surface area contributed by atoms with Crippen LogP contribution < -0.4 is 20.7 Å². The number of hydrogen-bond acceptors (Lipinski definition) is 7. The van der Waals surface area contributed by atoms with Gasteiger partial charge in [0.25, 0.3) is 5.56 Å². The first-order chi connectivity index (χ1) is 14.6. The number of aromatic amines is 1. The van der Waals surface area contributed by atoms with Gasteiger partial charge in [0.15, 0.2) is 11.5 Å². The topological polar surface area (TPSA) is 96.9 Å². The third-order valence-electron chi connectivity index (χ3n) is 5.45. The van der Waals surface area contributed by atoms with Crippen LogP contribution in [0.3, 0.4) is 0 Å². The lowest BCUT2D eigenvalue weighted by Crippen LogP contribution is -2.50. The molecule has 1 N–H and O–H groups in total. The number of thiophene rings is 1. The predicted octanol–water partition coefficient (Wildman–Crippen LogP) is 0.824. The minimum atomic E-state index is -0.555. The number of carbonyl (C=O) groups is 1. The highest BCUT2D eigenvalue weighted by molar-refractivity contribution is 7.17. The Morgan fingerprint density at radius 3 is 2.70 bits per heavy atom. The summed E-state index contributed by atoms with van der Waals surface area (Å²) in [4.78, 5) is 44.1. The van der Waals surface area contributed by atoms with E-state index in [-0.39, 0.29) is 19.2 Å². The lowest BCUT2D eigenvalue weighted by atomic mass is 10.1. The molecule has 0 unspecified atom stereocenters. The van der Waals surface area contributed by atoms with Crippen molar-refractivity contribution in [2.45, 2.75) is 13.1 Å². The van der Waals surface area contributed by atoms with Crippen LogP contribution in [0.25, 0.3) is 10.2 Å². The summed E-state index contributed by atoms with van der Waals surface area (Å²) in [5, 5.41) is 1.74. The Morgan fingerprint density at radius 1 is 1.07 bits per heavy atom. The molecule has 4 heterocycles. The molecule has 0 aliphatic carbocycles. The minimum Gasteiger partial charge on any atom is -0.454 e. The molecule has 3 aromatic rings. The van der Waals surface area contributed by atoms with Gasteiger partial charge in [0.05, 0.1) is 5.52 Å². The van der Waals surface area contributed by atoms with E-state index in [1.54, 1.807) is 16.3 Å². The summed E-state index contributed by atoms with van der Waals surface area (Å²) in [7, 11) is 0. The van der Waals surface area contributed by atoms with Crippen molar-refractivity contribution in [3.63, 3.8) is 0 Å². The molecule has 0 spiro atoms. The molecule has 2 aliphatic rings. The van der Waals surface area contributed by atoms with Gasteiger partial charge >= 0.3 is 5.69 Å². The van der Waals surface area contributed by atoms with E-state index in [1.807, 2.05) is 18.2 Å². The van der Waals surface area contributed by atoms with Crippen molar-refractivity contribution in [3.05, 3.63) is 56.0 Å². The number of H-pyrrole nitrogens is 1. The van der Waals surface area contributed by atoms with Crippen molar-refractivity contribution in [1.82, 2.24) is 19.4 Å². The zero-order chi connectivity index (χ0) is 20.7. The average molecular weight is 428 g/mol. The van der Waals surface area contributed by atoms with Crippen molar-refractivity contribution in [2.24, 2.45) is 0 Å². The van der Waals surface area contributed by atoms with E-state index in [4.69, 9.17) is 9.47 Å². The molecule has 156 valence electrons. The number of aromatic nitrogens is 2. The molecule has 10 heteroatoms. The Bertz CT molecular complexity index is 1220. The quantitative estimate of drug-likeness (QED) is 0.661. The fourth-order valence-electron chi connectivity index (χ4n) is 3.80. The molecule has 0 saturated carbocycles. The number of piperazine rings is 1. The number of ether oxygens (including phenoxy) is 2. The molecule has 1 fully saturated rings. The van der Waals surface area contributed by atoms with E-state index < -0.39 is 11.2 Å². The zero-order valence-corrected chi connectivity index (χ0v) is 16.9. The SMILES string of the molecule is O=C(Cn1c(=O)[nH]c2ccsc2c1=O)N1CCN(Cc2ccc3c(c2)OCO3)CC1. The van der Waals surface area contributed by atoms with Gasteiger partial charge < -0.3 is 19.4 Å². The summed E-state index contributed by atoms with van der Waals surface area (Å²) in [6.07, 6.45) is 0. The first kappa shape index (κ1) is 18.9. The monoisotopic (exact) mass is 428 g/mol. The summed E-state index contributed by atoms with van der Waals surface area (Å²) in [6.45, 7) is 3.31. The maximum absolute atomic E-state index is 12.7. The second-order valence-corrected chi connectivity index (χ2v) is 8.25. The molecule has 1 saturated heterocycles. The van der Waals surface area contributed by atoms with E-state index in [9.17, 15) is 14.4 Å².